The molecule has 1 aromatic rings. The van der Waals surface area contributed by atoms with Gasteiger partial charge in [0.15, 0.2) is 0 Å². The Morgan fingerprint density at radius 2 is 1.68 bits per heavy atom. The largest absolute Gasteiger partial charge is 0.494 e. The van der Waals surface area contributed by atoms with Crippen LogP contribution in [0.5, 0.6) is 5.75 Å². The van der Waals surface area contributed by atoms with Crippen LogP contribution < -0.4 is 10.1 Å². The van der Waals surface area contributed by atoms with Crippen LogP contribution in [0.4, 0.5) is 5.69 Å². The van der Waals surface area contributed by atoms with Crippen LogP contribution in [0, 0.1) is 0 Å². The molecule has 0 radical (unpaired) electrons. The predicted octanol–water partition coefficient (Wildman–Crippen LogP) is 5.25. The molecule has 19 heavy (non-hydrogen) atoms. The molecule has 0 aliphatic heterocycles. The van der Waals surface area contributed by atoms with Gasteiger partial charge < -0.3 is 10.1 Å². The summed E-state index contributed by atoms with van der Waals surface area (Å²) in [5, 5.41) is 3.55. The van der Waals surface area contributed by atoms with Crippen molar-refractivity contribution in [1.82, 2.24) is 0 Å². The Bertz CT molecular complexity index is 321. The number of hydrogen-bond donors (Lipinski definition) is 1. The quantitative estimate of drug-likeness (QED) is 0.582. The second-order valence-electron chi connectivity index (χ2n) is 5.21. The minimum absolute atomic E-state index is 0.541. The highest BCUT2D eigenvalue weighted by molar-refractivity contribution is 5.46. The van der Waals surface area contributed by atoms with E-state index in [1.54, 1.807) is 0 Å². The molecule has 2 heteroatoms. The minimum Gasteiger partial charge on any atom is -0.494 e. The Labute approximate surface area is 118 Å². The zero-order valence-corrected chi connectivity index (χ0v) is 12.7. The van der Waals surface area contributed by atoms with Gasteiger partial charge >= 0.3 is 0 Å². The summed E-state index contributed by atoms with van der Waals surface area (Å²) in [4.78, 5) is 0. The molecule has 0 amide bonds. The van der Waals surface area contributed by atoms with Crippen molar-refractivity contribution in [3.63, 3.8) is 0 Å². The Hall–Kier alpha value is -1.18. The second kappa shape index (κ2) is 9.71. The van der Waals surface area contributed by atoms with Crippen molar-refractivity contribution in [2.45, 2.75) is 65.3 Å². The van der Waals surface area contributed by atoms with Crippen molar-refractivity contribution >= 4 is 5.69 Å². The highest BCUT2D eigenvalue weighted by atomic mass is 16.5. The maximum Gasteiger partial charge on any atom is 0.119 e. The number of hydrogen-bond acceptors (Lipinski definition) is 2. The molecule has 0 fully saturated rings. The van der Waals surface area contributed by atoms with Gasteiger partial charge in [-0.1, -0.05) is 39.0 Å². The van der Waals surface area contributed by atoms with Crippen molar-refractivity contribution in [3.8, 4) is 5.75 Å². The van der Waals surface area contributed by atoms with Gasteiger partial charge in [0.05, 0.1) is 6.61 Å². The molecule has 1 N–H and O–H groups in total. The van der Waals surface area contributed by atoms with Gasteiger partial charge in [-0.15, -0.1) is 0 Å². The molecule has 0 saturated carbocycles. The van der Waals surface area contributed by atoms with Gasteiger partial charge in [0.2, 0.25) is 0 Å². The molecule has 0 aromatic heterocycles. The molecule has 1 unspecified atom stereocenters. The summed E-state index contributed by atoms with van der Waals surface area (Å²) >= 11 is 0. The van der Waals surface area contributed by atoms with Gasteiger partial charge in [0, 0.05) is 11.7 Å². The fraction of sp³-hybridized carbons (Fsp3) is 0.647. The van der Waals surface area contributed by atoms with Crippen molar-refractivity contribution in [3.05, 3.63) is 24.3 Å². The number of benzene rings is 1. The number of unbranched alkanes of at least 4 members (excludes halogenated alkanes) is 4. The molecular weight excluding hydrogens is 234 g/mol. The van der Waals surface area contributed by atoms with E-state index in [0.717, 1.165) is 12.4 Å². The Kier molecular flexibility index (Phi) is 8.11. The van der Waals surface area contributed by atoms with Crippen LogP contribution >= 0.6 is 0 Å². The van der Waals surface area contributed by atoms with E-state index in [4.69, 9.17) is 4.74 Å². The van der Waals surface area contributed by atoms with Gasteiger partial charge in [0.25, 0.3) is 0 Å². The lowest BCUT2D eigenvalue weighted by molar-refractivity contribution is 0.340. The molecule has 0 saturated heterocycles. The molecule has 1 atom stereocenters. The van der Waals surface area contributed by atoms with Crippen molar-refractivity contribution < 1.29 is 4.74 Å². The zero-order valence-electron chi connectivity index (χ0n) is 12.7. The van der Waals surface area contributed by atoms with Crippen LogP contribution in [0.1, 0.15) is 59.3 Å². The van der Waals surface area contributed by atoms with Crippen LogP contribution in [0.2, 0.25) is 0 Å². The highest BCUT2D eigenvalue weighted by Crippen LogP contribution is 2.17. The first-order chi connectivity index (χ1) is 9.26. The van der Waals surface area contributed by atoms with Crippen LogP contribution in [-0.2, 0) is 0 Å². The van der Waals surface area contributed by atoms with Crippen LogP contribution in [0.15, 0.2) is 24.3 Å². The van der Waals surface area contributed by atoms with E-state index in [1.807, 2.05) is 19.1 Å². The first kappa shape index (κ1) is 15.9. The predicted molar refractivity (Wildman–Crippen MR) is 84.1 cm³/mol. The van der Waals surface area contributed by atoms with Crippen molar-refractivity contribution in [1.29, 1.82) is 0 Å². The molecule has 1 aromatic carbocycles. The number of nitrogens with one attached hydrogen (secondary N) is 1. The monoisotopic (exact) mass is 263 g/mol. The average molecular weight is 263 g/mol. The van der Waals surface area contributed by atoms with Crippen molar-refractivity contribution in [2.75, 3.05) is 11.9 Å². The van der Waals surface area contributed by atoms with Crippen molar-refractivity contribution in [2.24, 2.45) is 0 Å². The molecule has 0 bridgehead atoms. The van der Waals surface area contributed by atoms with Gasteiger partial charge in [-0.25, -0.2) is 0 Å². The molecule has 0 spiro atoms. The normalized spacial score (nSPS) is 12.2. The molecule has 108 valence electrons. The standard InChI is InChI=1S/C17H29NO/c1-4-6-7-8-9-10-15(3)18-16-11-13-17(14-12-16)19-5-2/h11-15,18H,4-10H2,1-3H3. The minimum atomic E-state index is 0.541. The molecular formula is C17H29NO. The van der Waals surface area contributed by atoms with E-state index in [0.29, 0.717) is 6.04 Å². The van der Waals surface area contributed by atoms with Gasteiger partial charge in [-0.3, -0.25) is 0 Å². The van der Waals surface area contributed by atoms with E-state index in [-0.39, 0.29) is 0 Å². The highest BCUT2D eigenvalue weighted by Gasteiger charge is 2.02. The third-order valence-corrected chi connectivity index (χ3v) is 3.32. The Morgan fingerprint density at radius 3 is 2.32 bits per heavy atom. The third-order valence-electron chi connectivity index (χ3n) is 3.32. The maximum atomic E-state index is 5.44. The first-order valence-electron chi connectivity index (χ1n) is 7.75. The van der Waals surface area contributed by atoms with Gasteiger partial charge in [0.1, 0.15) is 5.75 Å². The molecule has 0 heterocycles. The van der Waals surface area contributed by atoms with E-state index in [9.17, 15) is 0 Å². The summed E-state index contributed by atoms with van der Waals surface area (Å²) in [6.45, 7) is 7.25. The SMILES string of the molecule is CCCCCCCC(C)Nc1ccc(OCC)cc1. The summed E-state index contributed by atoms with van der Waals surface area (Å²) in [5.41, 5.74) is 1.18. The lowest BCUT2D eigenvalue weighted by Crippen LogP contribution is -2.14. The molecule has 1 rings (SSSR count). The maximum absolute atomic E-state index is 5.44. The van der Waals surface area contributed by atoms with E-state index >= 15 is 0 Å². The number of rotatable bonds is 10. The summed E-state index contributed by atoms with van der Waals surface area (Å²) in [5.74, 6) is 0.945. The second-order valence-corrected chi connectivity index (χ2v) is 5.21. The molecule has 0 aliphatic carbocycles. The lowest BCUT2D eigenvalue weighted by atomic mass is 10.1. The smallest absolute Gasteiger partial charge is 0.119 e. The summed E-state index contributed by atoms with van der Waals surface area (Å²) in [6.07, 6.45) is 8.01. The first-order valence-corrected chi connectivity index (χ1v) is 7.75. The lowest BCUT2D eigenvalue weighted by Gasteiger charge is -2.15. The summed E-state index contributed by atoms with van der Waals surface area (Å²) in [6, 6.07) is 8.79. The summed E-state index contributed by atoms with van der Waals surface area (Å²) < 4.78 is 5.44. The number of ether oxygens (including phenoxy) is 1. The van der Waals surface area contributed by atoms with Gasteiger partial charge in [-0.2, -0.15) is 0 Å². The molecule has 2 nitrogen and oxygen atoms in total. The Morgan fingerprint density at radius 1 is 1.00 bits per heavy atom. The fourth-order valence-electron chi connectivity index (χ4n) is 2.22. The van der Waals surface area contributed by atoms with E-state index in [1.165, 1.54) is 44.2 Å². The van der Waals surface area contributed by atoms with Crippen LogP contribution in [0.3, 0.4) is 0 Å². The van der Waals surface area contributed by atoms with E-state index in [2.05, 4.69) is 31.3 Å². The molecule has 0 aliphatic rings. The van der Waals surface area contributed by atoms with Crippen LogP contribution in [-0.4, -0.2) is 12.6 Å². The third kappa shape index (κ3) is 7.09. The average Bonchev–Trinajstić information content (AvgIpc) is 2.41. The summed E-state index contributed by atoms with van der Waals surface area (Å²) in [7, 11) is 0. The Balaban J connectivity index is 2.22. The topological polar surface area (TPSA) is 21.3 Å². The van der Waals surface area contributed by atoms with E-state index < -0.39 is 0 Å². The van der Waals surface area contributed by atoms with Gasteiger partial charge in [-0.05, 0) is 44.5 Å². The van der Waals surface area contributed by atoms with Crippen LogP contribution in [0.25, 0.3) is 0 Å². The number of anilines is 1. The zero-order chi connectivity index (χ0) is 13.9. The fourth-order valence-corrected chi connectivity index (χ4v) is 2.22.